The minimum absolute atomic E-state index is 0.142. The van der Waals surface area contributed by atoms with Crippen LogP contribution in [-0.4, -0.2) is 33.9 Å². The predicted molar refractivity (Wildman–Crippen MR) is 106 cm³/mol. The highest BCUT2D eigenvalue weighted by atomic mass is 32.2. The largest absolute Gasteiger partial charge is 0.497 e. The minimum Gasteiger partial charge on any atom is -0.497 e. The molecule has 0 unspecified atom stereocenters. The highest BCUT2D eigenvalue weighted by Gasteiger charge is 2.20. The maximum atomic E-state index is 12.2. The highest BCUT2D eigenvalue weighted by Crippen LogP contribution is 2.41. The Morgan fingerprint density at radius 1 is 0.964 bits per heavy atom. The van der Waals surface area contributed by atoms with Gasteiger partial charge in [-0.05, 0) is 41.5 Å². The van der Waals surface area contributed by atoms with E-state index in [9.17, 15) is 13.7 Å². The number of methoxy groups -OCH3 is 2. The smallest absolute Gasteiger partial charge is 0.175 e. The van der Waals surface area contributed by atoms with E-state index in [-0.39, 0.29) is 4.90 Å². The molecule has 7 heteroatoms. The molecule has 0 amide bonds. The number of nitriles is 1. The van der Waals surface area contributed by atoms with Crippen molar-refractivity contribution in [1.29, 1.82) is 5.26 Å². The average molecular weight is 394 g/mol. The van der Waals surface area contributed by atoms with Gasteiger partial charge in [0, 0.05) is 29.8 Å². The van der Waals surface area contributed by atoms with Gasteiger partial charge in [0.2, 0.25) is 0 Å². The van der Waals surface area contributed by atoms with Crippen LogP contribution in [0.4, 0.5) is 0 Å². The maximum Gasteiger partial charge on any atom is 0.175 e. The summed E-state index contributed by atoms with van der Waals surface area (Å²) >= 11 is 0. The van der Waals surface area contributed by atoms with E-state index in [1.165, 1.54) is 19.4 Å². The average Bonchev–Trinajstić information content (AvgIpc) is 2.72. The molecular weight excluding hydrogens is 376 g/mol. The Morgan fingerprint density at radius 2 is 1.68 bits per heavy atom. The predicted octanol–water partition coefficient (Wildman–Crippen LogP) is 3.71. The van der Waals surface area contributed by atoms with E-state index in [0.717, 1.165) is 11.8 Å². The zero-order valence-electron chi connectivity index (χ0n) is 15.6. The lowest BCUT2D eigenvalue weighted by atomic mass is 9.94. The number of hydrogen-bond donors (Lipinski definition) is 0. The molecule has 0 bridgehead atoms. The van der Waals surface area contributed by atoms with Crippen molar-refractivity contribution >= 4 is 9.84 Å². The lowest BCUT2D eigenvalue weighted by molar-refractivity contribution is 0.414. The van der Waals surface area contributed by atoms with Crippen LogP contribution in [0.15, 0.2) is 59.8 Å². The molecule has 0 aliphatic heterocycles. The minimum atomic E-state index is -3.46. The second-order valence-corrected chi connectivity index (χ2v) is 8.14. The second-order valence-electron chi connectivity index (χ2n) is 6.12. The second kappa shape index (κ2) is 7.71. The summed E-state index contributed by atoms with van der Waals surface area (Å²) in [6.07, 6.45) is 4.23. The maximum absolute atomic E-state index is 12.2. The molecule has 3 rings (SSSR count). The van der Waals surface area contributed by atoms with Gasteiger partial charge in [-0.1, -0.05) is 12.1 Å². The van der Waals surface area contributed by atoms with E-state index in [1.54, 1.807) is 37.6 Å². The summed E-state index contributed by atoms with van der Waals surface area (Å²) in [6.45, 7) is 0. The zero-order valence-corrected chi connectivity index (χ0v) is 16.4. The molecule has 1 heterocycles. The number of benzene rings is 2. The number of sulfone groups is 1. The molecule has 0 saturated carbocycles. The Labute approximate surface area is 163 Å². The molecule has 0 aliphatic rings. The fourth-order valence-electron chi connectivity index (χ4n) is 2.90. The SMILES string of the molecule is COc1ccc(-c2cc(S(C)(=O)=O)cc(OC)c2-c2cncc(C#N)c2)cc1. The molecule has 0 spiro atoms. The normalized spacial score (nSPS) is 10.9. The third-order valence-corrected chi connectivity index (χ3v) is 5.37. The number of pyridine rings is 1. The number of ether oxygens (including phenoxy) is 2. The fraction of sp³-hybridized carbons (Fsp3) is 0.143. The van der Waals surface area contributed by atoms with Gasteiger partial charge in [-0.2, -0.15) is 5.26 Å². The lowest BCUT2D eigenvalue weighted by Gasteiger charge is -2.17. The number of nitrogens with zero attached hydrogens (tertiary/aromatic N) is 2. The summed E-state index contributed by atoms with van der Waals surface area (Å²) in [7, 11) is -0.411. The molecule has 1 aromatic heterocycles. The summed E-state index contributed by atoms with van der Waals surface area (Å²) in [6, 6.07) is 14.1. The first-order chi connectivity index (χ1) is 13.4. The summed E-state index contributed by atoms with van der Waals surface area (Å²) in [5.74, 6) is 1.07. The Morgan fingerprint density at radius 3 is 2.25 bits per heavy atom. The van der Waals surface area contributed by atoms with Gasteiger partial charge >= 0.3 is 0 Å². The lowest BCUT2D eigenvalue weighted by Crippen LogP contribution is -2.01. The molecule has 0 saturated heterocycles. The first-order valence-electron chi connectivity index (χ1n) is 8.29. The van der Waals surface area contributed by atoms with E-state index in [2.05, 4.69) is 11.1 Å². The van der Waals surface area contributed by atoms with Crippen LogP contribution in [0.5, 0.6) is 11.5 Å². The van der Waals surface area contributed by atoms with Crippen molar-refractivity contribution in [3.63, 3.8) is 0 Å². The van der Waals surface area contributed by atoms with Crippen molar-refractivity contribution in [2.75, 3.05) is 20.5 Å². The van der Waals surface area contributed by atoms with Gasteiger partial charge in [-0.3, -0.25) is 4.98 Å². The van der Waals surface area contributed by atoms with E-state index in [4.69, 9.17) is 9.47 Å². The molecular formula is C21H18N2O4S. The van der Waals surface area contributed by atoms with Crippen LogP contribution >= 0.6 is 0 Å². The summed E-state index contributed by atoms with van der Waals surface area (Å²) in [5.41, 5.74) is 3.14. The Hall–Kier alpha value is -3.37. The van der Waals surface area contributed by atoms with Crippen molar-refractivity contribution in [1.82, 2.24) is 4.98 Å². The molecule has 0 N–H and O–H groups in total. The van der Waals surface area contributed by atoms with Crippen LogP contribution in [-0.2, 0) is 9.84 Å². The van der Waals surface area contributed by atoms with Crippen LogP contribution in [0.25, 0.3) is 22.3 Å². The first-order valence-corrected chi connectivity index (χ1v) is 10.2. The van der Waals surface area contributed by atoms with Crippen LogP contribution in [0.2, 0.25) is 0 Å². The number of hydrogen-bond acceptors (Lipinski definition) is 6. The Balaban J connectivity index is 2.36. The van der Waals surface area contributed by atoms with E-state index >= 15 is 0 Å². The third-order valence-electron chi connectivity index (χ3n) is 4.28. The molecule has 3 aromatic rings. The molecule has 0 radical (unpaired) electrons. The molecule has 2 aromatic carbocycles. The number of aromatic nitrogens is 1. The van der Waals surface area contributed by atoms with Gasteiger partial charge in [-0.15, -0.1) is 0 Å². The molecule has 6 nitrogen and oxygen atoms in total. The fourth-order valence-corrected chi connectivity index (χ4v) is 3.55. The van der Waals surface area contributed by atoms with Gasteiger partial charge < -0.3 is 9.47 Å². The topological polar surface area (TPSA) is 89.3 Å². The Bertz CT molecular complexity index is 1160. The van der Waals surface area contributed by atoms with Crippen LogP contribution in [0, 0.1) is 11.3 Å². The van der Waals surface area contributed by atoms with Gasteiger partial charge in [0.05, 0.1) is 24.7 Å². The van der Waals surface area contributed by atoms with Crippen molar-refractivity contribution in [2.24, 2.45) is 0 Å². The molecule has 0 aliphatic carbocycles. The monoisotopic (exact) mass is 394 g/mol. The number of rotatable bonds is 5. The van der Waals surface area contributed by atoms with E-state index < -0.39 is 9.84 Å². The quantitative estimate of drug-likeness (QED) is 0.655. The summed E-state index contributed by atoms with van der Waals surface area (Å²) < 4.78 is 35.1. The van der Waals surface area contributed by atoms with E-state index in [1.807, 2.05) is 12.1 Å². The van der Waals surface area contributed by atoms with E-state index in [0.29, 0.717) is 33.8 Å². The van der Waals surface area contributed by atoms with Crippen LogP contribution in [0.3, 0.4) is 0 Å². The molecule has 0 fully saturated rings. The van der Waals surface area contributed by atoms with Crippen LogP contribution < -0.4 is 9.47 Å². The van der Waals surface area contributed by atoms with Crippen molar-refractivity contribution in [3.05, 3.63) is 60.4 Å². The van der Waals surface area contributed by atoms with Crippen molar-refractivity contribution in [3.8, 4) is 39.8 Å². The molecule has 0 atom stereocenters. The molecule has 28 heavy (non-hydrogen) atoms. The summed E-state index contributed by atoms with van der Waals surface area (Å²) in [5, 5.41) is 9.22. The Kier molecular flexibility index (Phi) is 5.34. The van der Waals surface area contributed by atoms with Gasteiger partial charge in [0.1, 0.15) is 17.6 Å². The molecule has 142 valence electrons. The van der Waals surface area contributed by atoms with Gasteiger partial charge in [0.25, 0.3) is 0 Å². The summed E-state index contributed by atoms with van der Waals surface area (Å²) in [4.78, 5) is 4.27. The van der Waals surface area contributed by atoms with Crippen molar-refractivity contribution < 1.29 is 17.9 Å². The first kappa shape index (κ1) is 19.4. The van der Waals surface area contributed by atoms with Gasteiger partial charge in [-0.25, -0.2) is 8.42 Å². The third kappa shape index (κ3) is 3.82. The van der Waals surface area contributed by atoms with Crippen molar-refractivity contribution in [2.45, 2.75) is 4.90 Å². The van der Waals surface area contributed by atoms with Gasteiger partial charge in [0.15, 0.2) is 9.84 Å². The highest BCUT2D eigenvalue weighted by molar-refractivity contribution is 7.90. The zero-order chi connectivity index (χ0) is 20.3. The standard InChI is InChI=1S/C21H18N2O4S/c1-26-17-6-4-15(5-7-17)19-9-18(28(3,24)25)10-20(27-2)21(19)16-8-14(11-22)12-23-13-16/h4-10,12-13H,1-3H3. The van der Waals surface area contributed by atoms with Crippen LogP contribution in [0.1, 0.15) is 5.56 Å².